The average molecular weight is 314 g/mol. The highest BCUT2D eigenvalue weighted by Gasteiger charge is 2.41. The van der Waals surface area contributed by atoms with Gasteiger partial charge in [0, 0.05) is 11.8 Å². The zero-order valence-corrected chi connectivity index (χ0v) is 13.2. The van der Waals surface area contributed by atoms with E-state index < -0.39 is 5.54 Å². The quantitative estimate of drug-likeness (QED) is 0.782. The van der Waals surface area contributed by atoms with E-state index in [4.69, 9.17) is 10.5 Å². The minimum atomic E-state index is -0.920. The molecule has 21 heavy (non-hydrogen) atoms. The molecule has 0 saturated heterocycles. The molecule has 1 fully saturated rings. The Morgan fingerprint density at radius 1 is 1.67 bits per heavy atom. The predicted octanol–water partition coefficient (Wildman–Crippen LogP) is 0.887. The van der Waals surface area contributed by atoms with Crippen molar-refractivity contribution in [3.8, 4) is 0 Å². The van der Waals surface area contributed by atoms with Crippen molar-refractivity contribution in [3.05, 3.63) is 10.5 Å². The molecule has 1 aromatic rings. The number of hydrogen-bond acceptors (Lipinski definition) is 6. The van der Waals surface area contributed by atoms with Crippen LogP contribution in [0.4, 0.5) is 0 Å². The van der Waals surface area contributed by atoms with E-state index in [1.165, 1.54) is 18.9 Å². The molecule has 118 valence electrons. The van der Waals surface area contributed by atoms with Gasteiger partial charge in [0.1, 0.15) is 5.54 Å². The van der Waals surface area contributed by atoms with Gasteiger partial charge in [-0.2, -0.15) is 0 Å². The fourth-order valence-electron chi connectivity index (χ4n) is 2.71. The van der Waals surface area contributed by atoms with E-state index in [-0.39, 0.29) is 16.9 Å². The summed E-state index contributed by atoms with van der Waals surface area (Å²) in [6.07, 6.45) is 3.86. The van der Waals surface area contributed by atoms with Gasteiger partial charge < -0.3 is 10.5 Å². The molecule has 0 aliphatic heterocycles. The first kappa shape index (κ1) is 16.1. The molecular formula is C13H22N4O3S. The molecule has 1 aromatic heterocycles. The molecule has 1 aliphatic carbocycles. The van der Waals surface area contributed by atoms with Gasteiger partial charge in [-0.15, -0.1) is 5.10 Å². The molecule has 0 aromatic carbocycles. The van der Waals surface area contributed by atoms with Crippen LogP contribution in [-0.4, -0.2) is 38.6 Å². The molecular weight excluding hydrogens is 292 g/mol. The van der Waals surface area contributed by atoms with Gasteiger partial charge in [-0.1, -0.05) is 18.7 Å². The summed E-state index contributed by atoms with van der Waals surface area (Å²) in [6, 6.07) is 0. The number of aromatic amines is 1. The first-order valence-electron chi connectivity index (χ1n) is 7.19. The second kappa shape index (κ2) is 6.65. The van der Waals surface area contributed by atoms with Gasteiger partial charge in [0.15, 0.2) is 5.16 Å². The first-order valence-corrected chi connectivity index (χ1v) is 8.07. The summed E-state index contributed by atoms with van der Waals surface area (Å²) < 4.78 is 6.44. The van der Waals surface area contributed by atoms with Crippen LogP contribution in [0.15, 0.2) is 9.95 Å². The van der Waals surface area contributed by atoms with Crippen LogP contribution >= 0.6 is 11.8 Å². The molecule has 2 atom stereocenters. The Hall–Kier alpha value is -1.28. The van der Waals surface area contributed by atoms with E-state index >= 15 is 0 Å². The van der Waals surface area contributed by atoms with Gasteiger partial charge in [-0.25, -0.2) is 9.89 Å². The summed E-state index contributed by atoms with van der Waals surface area (Å²) in [5, 5.41) is 7.38. The maximum absolute atomic E-state index is 11.8. The fourth-order valence-corrected chi connectivity index (χ4v) is 4.07. The van der Waals surface area contributed by atoms with Crippen LogP contribution in [0.25, 0.3) is 0 Å². The Morgan fingerprint density at radius 2 is 2.43 bits per heavy atom. The van der Waals surface area contributed by atoms with Crippen LogP contribution in [0.3, 0.4) is 0 Å². The number of nitrogens with zero attached hydrogens (tertiary/aromatic N) is 2. The second-order valence-electron chi connectivity index (χ2n) is 5.45. The summed E-state index contributed by atoms with van der Waals surface area (Å²) >= 11 is 1.51. The van der Waals surface area contributed by atoms with Crippen LogP contribution in [0.5, 0.6) is 0 Å². The number of carbonyl (C=O) groups is 1. The third kappa shape index (κ3) is 3.49. The van der Waals surface area contributed by atoms with Gasteiger partial charge in [-0.3, -0.25) is 9.36 Å². The van der Waals surface area contributed by atoms with Gasteiger partial charge >= 0.3 is 11.7 Å². The molecule has 0 bridgehead atoms. The molecule has 2 rings (SSSR count). The molecule has 8 heteroatoms. The van der Waals surface area contributed by atoms with E-state index in [2.05, 4.69) is 10.2 Å². The molecule has 2 unspecified atom stereocenters. The van der Waals surface area contributed by atoms with Crippen molar-refractivity contribution in [1.82, 2.24) is 14.8 Å². The Labute approximate surface area is 127 Å². The predicted molar refractivity (Wildman–Crippen MR) is 80.2 cm³/mol. The second-order valence-corrected chi connectivity index (χ2v) is 6.71. The highest BCUT2D eigenvalue weighted by Crippen LogP contribution is 2.36. The number of hydrogen-bond donors (Lipinski definition) is 2. The van der Waals surface area contributed by atoms with Crippen LogP contribution in [-0.2, 0) is 16.1 Å². The van der Waals surface area contributed by atoms with Crippen molar-refractivity contribution < 1.29 is 9.53 Å². The Morgan fingerprint density at radius 3 is 3.10 bits per heavy atom. The molecule has 1 aliphatic rings. The number of methoxy groups -OCH3 is 1. The minimum Gasteiger partial charge on any atom is -0.468 e. The highest BCUT2D eigenvalue weighted by molar-refractivity contribution is 7.99. The summed E-state index contributed by atoms with van der Waals surface area (Å²) in [5.41, 5.74) is 5.06. The normalized spacial score (nSPS) is 25.8. The highest BCUT2D eigenvalue weighted by atomic mass is 32.2. The number of esters is 1. The van der Waals surface area contributed by atoms with Gasteiger partial charge in [0.2, 0.25) is 0 Å². The third-order valence-corrected chi connectivity index (χ3v) is 5.03. The van der Waals surface area contributed by atoms with Crippen LogP contribution < -0.4 is 11.4 Å². The third-order valence-electron chi connectivity index (χ3n) is 3.78. The minimum absolute atomic E-state index is 0.161. The number of ether oxygens (including phenoxy) is 1. The molecule has 1 heterocycles. The Balaban J connectivity index is 2.10. The van der Waals surface area contributed by atoms with Gasteiger partial charge in [-0.05, 0) is 32.1 Å². The Kier molecular flexibility index (Phi) is 5.10. The monoisotopic (exact) mass is 314 g/mol. The van der Waals surface area contributed by atoms with Crippen molar-refractivity contribution in [1.29, 1.82) is 0 Å². The standard InChI is InChI=1S/C13H22N4O3S/c1-3-7-17-11(19)15-16-12(17)21-9-5-4-6-13(14,8-9)10(18)20-2/h9H,3-8,14H2,1-2H3,(H,15,19). The molecule has 0 spiro atoms. The molecule has 0 amide bonds. The van der Waals surface area contributed by atoms with Crippen molar-refractivity contribution in [3.63, 3.8) is 0 Å². The largest absolute Gasteiger partial charge is 0.468 e. The number of rotatable bonds is 5. The smallest absolute Gasteiger partial charge is 0.343 e. The van der Waals surface area contributed by atoms with E-state index in [1.54, 1.807) is 4.57 Å². The number of carbonyl (C=O) groups excluding carboxylic acids is 1. The molecule has 7 nitrogen and oxygen atoms in total. The van der Waals surface area contributed by atoms with Crippen LogP contribution in [0.2, 0.25) is 0 Å². The number of nitrogens with two attached hydrogens (primary N) is 1. The lowest BCUT2D eigenvalue weighted by Gasteiger charge is -2.34. The van der Waals surface area contributed by atoms with Crippen molar-refractivity contribution >= 4 is 17.7 Å². The lowest BCUT2D eigenvalue weighted by Crippen LogP contribution is -2.52. The van der Waals surface area contributed by atoms with Crippen LogP contribution in [0, 0.1) is 0 Å². The van der Waals surface area contributed by atoms with E-state index in [1.807, 2.05) is 6.92 Å². The topological polar surface area (TPSA) is 103 Å². The fraction of sp³-hybridized carbons (Fsp3) is 0.769. The van der Waals surface area contributed by atoms with Gasteiger partial charge in [0.25, 0.3) is 0 Å². The number of aromatic nitrogens is 3. The maximum atomic E-state index is 11.8. The lowest BCUT2D eigenvalue weighted by atomic mass is 9.82. The molecule has 1 saturated carbocycles. The lowest BCUT2D eigenvalue weighted by molar-refractivity contribution is -0.148. The summed E-state index contributed by atoms with van der Waals surface area (Å²) in [5.74, 6) is -0.360. The average Bonchev–Trinajstić information content (AvgIpc) is 2.80. The zero-order chi connectivity index (χ0) is 15.5. The maximum Gasteiger partial charge on any atom is 0.343 e. The van der Waals surface area contributed by atoms with Crippen LogP contribution in [0.1, 0.15) is 39.0 Å². The van der Waals surface area contributed by atoms with E-state index in [0.717, 1.165) is 19.3 Å². The van der Waals surface area contributed by atoms with E-state index in [9.17, 15) is 9.59 Å². The summed E-state index contributed by atoms with van der Waals surface area (Å²) in [6.45, 7) is 2.64. The number of thioether (sulfide) groups is 1. The molecule has 3 N–H and O–H groups in total. The number of nitrogens with one attached hydrogen (secondary N) is 1. The van der Waals surface area contributed by atoms with Crippen molar-refractivity contribution in [2.75, 3.05) is 7.11 Å². The summed E-state index contributed by atoms with van der Waals surface area (Å²) in [7, 11) is 1.36. The van der Waals surface area contributed by atoms with Crippen molar-refractivity contribution in [2.24, 2.45) is 5.73 Å². The van der Waals surface area contributed by atoms with Gasteiger partial charge in [0.05, 0.1) is 7.11 Å². The zero-order valence-electron chi connectivity index (χ0n) is 12.4. The van der Waals surface area contributed by atoms with Crippen molar-refractivity contribution in [2.45, 2.75) is 61.5 Å². The van der Waals surface area contributed by atoms with E-state index in [0.29, 0.717) is 24.5 Å². The summed E-state index contributed by atoms with van der Waals surface area (Å²) in [4.78, 5) is 23.5. The molecule has 0 radical (unpaired) electrons. The first-order chi connectivity index (χ1) is 10.00. The number of H-pyrrole nitrogens is 1. The Bertz CT molecular complexity index is 556. The SMILES string of the molecule is CCCn1c(SC2CCCC(N)(C(=O)OC)C2)n[nH]c1=O.